The fourth-order valence-corrected chi connectivity index (χ4v) is 3.02. The third kappa shape index (κ3) is 3.72. The van der Waals surface area contributed by atoms with E-state index in [1.54, 1.807) is 6.07 Å². The Bertz CT molecular complexity index is 411. The summed E-state index contributed by atoms with van der Waals surface area (Å²) in [5.41, 5.74) is 1.92. The van der Waals surface area contributed by atoms with Gasteiger partial charge in [0.05, 0.1) is 5.69 Å². The second kappa shape index (κ2) is 7.63. The van der Waals surface area contributed by atoms with Crippen molar-refractivity contribution < 1.29 is 4.39 Å². The topological polar surface area (TPSA) is 15.3 Å². The van der Waals surface area contributed by atoms with E-state index < -0.39 is 0 Å². The van der Waals surface area contributed by atoms with Crippen molar-refractivity contribution in [1.82, 2.24) is 5.32 Å². The molecule has 0 atom stereocenters. The Kier molecular flexibility index (Phi) is 5.84. The quantitative estimate of drug-likeness (QED) is 0.793. The molecule has 0 spiro atoms. The molecule has 1 heterocycles. The number of nitrogens with one attached hydrogen (secondary N) is 1. The second-order valence-electron chi connectivity index (χ2n) is 5.76. The van der Waals surface area contributed by atoms with Crippen molar-refractivity contribution in [1.29, 1.82) is 0 Å². The van der Waals surface area contributed by atoms with Crippen LogP contribution in [0, 0.1) is 11.7 Å². The van der Waals surface area contributed by atoms with Crippen molar-refractivity contribution in [3.8, 4) is 0 Å². The molecule has 1 fully saturated rings. The van der Waals surface area contributed by atoms with Gasteiger partial charge in [-0.05, 0) is 43.4 Å². The van der Waals surface area contributed by atoms with Crippen LogP contribution < -0.4 is 10.2 Å². The smallest absolute Gasteiger partial charge is 0.146 e. The molecule has 1 aliphatic heterocycles. The molecule has 0 aliphatic carbocycles. The zero-order valence-electron chi connectivity index (χ0n) is 12.8. The van der Waals surface area contributed by atoms with Gasteiger partial charge in [0.15, 0.2) is 0 Å². The summed E-state index contributed by atoms with van der Waals surface area (Å²) in [5, 5.41) is 3.38. The highest BCUT2D eigenvalue weighted by Crippen LogP contribution is 2.30. The summed E-state index contributed by atoms with van der Waals surface area (Å²) in [5.74, 6) is 0.746. The molecule has 112 valence electrons. The lowest BCUT2D eigenvalue weighted by atomic mass is 9.93. The molecule has 3 heteroatoms. The van der Waals surface area contributed by atoms with Crippen LogP contribution in [0.3, 0.4) is 0 Å². The van der Waals surface area contributed by atoms with Crippen molar-refractivity contribution in [3.05, 3.63) is 29.6 Å². The van der Waals surface area contributed by atoms with Crippen LogP contribution in [0.1, 0.15) is 45.1 Å². The van der Waals surface area contributed by atoms with Gasteiger partial charge in [-0.2, -0.15) is 0 Å². The van der Waals surface area contributed by atoms with E-state index in [0.29, 0.717) is 0 Å². The monoisotopic (exact) mass is 278 g/mol. The van der Waals surface area contributed by atoms with Crippen molar-refractivity contribution in [2.75, 3.05) is 24.5 Å². The minimum absolute atomic E-state index is 0.0734. The van der Waals surface area contributed by atoms with Gasteiger partial charge < -0.3 is 10.2 Å². The molecule has 1 aliphatic rings. The molecule has 0 aromatic heterocycles. The predicted molar refractivity (Wildman–Crippen MR) is 83.6 cm³/mol. The van der Waals surface area contributed by atoms with E-state index in [4.69, 9.17) is 0 Å². The van der Waals surface area contributed by atoms with Gasteiger partial charge in [-0.25, -0.2) is 4.39 Å². The SMILES string of the molecule is CCCNCc1cccc(F)c1N1CCC(CC)CC1. The molecule has 2 nitrogen and oxygen atoms in total. The first-order chi connectivity index (χ1) is 9.76. The maximum absolute atomic E-state index is 14.3. The Morgan fingerprint density at radius 1 is 1.25 bits per heavy atom. The normalized spacial score (nSPS) is 16.6. The van der Waals surface area contributed by atoms with Gasteiger partial charge in [0.2, 0.25) is 0 Å². The van der Waals surface area contributed by atoms with E-state index in [1.807, 2.05) is 12.1 Å². The fourth-order valence-electron chi connectivity index (χ4n) is 3.02. The average molecular weight is 278 g/mol. The van der Waals surface area contributed by atoms with E-state index >= 15 is 0 Å². The van der Waals surface area contributed by atoms with Crippen LogP contribution in [0.15, 0.2) is 18.2 Å². The van der Waals surface area contributed by atoms with E-state index in [2.05, 4.69) is 24.1 Å². The maximum atomic E-state index is 14.3. The zero-order chi connectivity index (χ0) is 14.4. The van der Waals surface area contributed by atoms with Crippen molar-refractivity contribution >= 4 is 5.69 Å². The van der Waals surface area contributed by atoms with E-state index in [-0.39, 0.29) is 5.82 Å². The van der Waals surface area contributed by atoms with Gasteiger partial charge in [0.25, 0.3) is 0 Å². The van der Waals surface area contributed by atoms with Gasteiger partial charge in [-0.1, -0.05) is 32.4 Å². The molecule has 0 bridgehead atoms. The summed E-state index contributed by atoms with van der Waals surface area (Å²) in [4.78, 5) is 2.24. The predicted octanol–water partition coefficient (Wildman–Crippen LogP) is 3.95. The first kappa shape index (κ1) is 15.3. The molecule has 0 amide bonds. The van der Waals surface area contributed by atoms with Crippen LogP contribution in [-0.2, 0) is 6.54 Å². The number of rotatable bonds is 6. The number of anilines is 1. The van der Waals surface area contributed by atoms with Gasteiger partial charge in [0, 0.05) is 19.6 Å². The lowest BCUT2D eigenvalue weighted by Gasteiger charge is -2.34. The Balaban J connectivity index is 2.09. The Labute approximate surface area is 122 Å². The number of hydrogen-bond donors (Lipinski definition) is 1. The molecule has 2 rings (SSSR count). The van der Waals surface area contributed by atoms with Gasteiger partial charge in [-0.3, -0.25) is 0 Å². The standard InChI is InChI=1S/C17H27FN2/c1-3-10-19-13-15-6-5-7-16(18)17(15)20-11-8-14(4-2)9-12-20/h5-7,14,19H,3-4,8-13H2,1-2H3. The minimum Gasteiger partial charge on any atom is -0.369 e. The van der Waals surface area contributed by atoms with Crippen LogP contribution >= 0.6 is 0 Å². The molecule has 1 aromatic rings. The van der Waals surface area contributed by atoms with Crippen molar-refractivity contribution in [2.45, 2.75) is 46.1 Å². The molecule has 1 saturated heterocycles. The first-order valence-electron chi connectivity index (χ1n) is 7.99. The molecule has 0 radical (unpaired) electrons. The molecular formula is C17H27FN2. The third-order valence-electron chi connectivity index (χ3n) is 4.32. The summed E-state index contributed by atoms with van der Waals surface area (Å²) < 4.78 is 14.3. The van der Waals surface area contributed by atoms with Gasteiger partial charge in [-0.15, -0.1) is 0 Å². The largest absolute Gasteiger partial charge is 0.369 e. The second-order valence-corrected chi connectivity index (χ2v) is 5.76. The van der Waals surface area contributed by atoms with Gasteiger partial charge in [0.1, 0.15) is 5.82 Å². The molecular weight excluding hydrogens is 251 g/mol. The number of halogens is 1. The molecule has 0 unspecified atom stereocenters. The minimum atomic E-state index is -0.0734. The third-order valence-corrected chi connectivity index (χ3v) is 4.32. The Hall–Kier alpha value is -1.09. The summed E-state index contributed by atoms with van der Waals surface area (Å²) in [6.07, 6.45) is 4.72. The summed E-state index contributed by atoms with van der Waals surface area (Å²) in [6, 6.07) is 5.46. The number of hydrogen-bond acceptors (Lipinski definition) is 2. The number of piperidine rings is 1. The molecule has 1 N–H and O–H groups in total. The fraction of sp³-hybridized carbons (Fsp3) is 0.647. The number of para-hydroxylation sites is 1. The zero-order valence-corrected chi connectivity index (χ0v) is 12.8. The van der Waals surface area contributed by atoms with Crippen LogP contribution in [-0.4, -0.2) is 19.6 Å². The average Bonchev–Trinajstić information content (AvgIpc) is 2.48. The van der Waals surface area contributed by atoms with Crippen LogP contribution in [0.4, 0.5) is 10.1 Å². The summed E-state index contributed by atoms with van der Waals surface area (Å²) in [7, 11) is 0. The van der Waals surface area contributed by atoms with Crippen LogP contribution in [0.2, 0.25) is 0 Å². The lowest BCUT2D eigenvalue weighted by molar-refractivity contribution is 0.392. The van der Waals surface area contributed by atoms with Crippen LogP contribution in [0.25, 0.3) is 0 Å². The highest BCUT2D eigenvalue weighted by Gasteiger charge is 2.22. The Morgan fingerprint density at radius 3 is 2.65 bits per heavy atom. The van der Waals surface area contributed by atoms with Crippen molar-refractivity contribution in [2.24, 2.45) is 5.92 Å². The highest BCUT2D eigenvalue weighted by molar-refractivity contribution is 5.55. The molecule has 1 aromatic carbocycles. The summed E-state index contributed by atoms with van der Waals surface area (Å²) in [6.45, 7) is 8.11. The van der Waals surface area contributed by atoms with Crippen LogP contribution in [0.5, 0.6) is 0 Å². The molecule has 0 saturated carbocycles. The van der Waals surface area contributed by atoms with E-state index in [0.717, 1.165) is 49.8 Å². The molecule has 20 heavy (non-hydrogen) atoms. The summed E-state index contributed by atoms with van der Waals surface area (Å²) >= 11 is 0. The maximum Gasteiger partial charge on any atom is 0.146 e. The van der Waals surface area contributed by atoms with E-state index in [9.17, 15) is 4.39 Å². The number of benzene rings is 1. The highest BCUT2D eigenvalue weighted by atomic mass is 19.1. The number of nitrogens with zero attached hydrogens (tertiary/aromatic N) is 1. The van der Waals surface area contributed by atoms with E-state index in [1.165, 1.54) is 19.3 Å². The lowest BCUT2D eigenvalue weighted by Crippen LogP contribution is -2.35. The van der Waals surface area contributed by atoms with Crippen molar-refractivity contribution in [3.63, 3.8) is 0 Å². The first-order valence-corrected chi connectivity index (χ1v) is 7.99. The van der Waals surface area contributed by atoms with Gasteiger partial charge >= 0.3 is 0 Å². The Morgan fingerprint density at radius 2 is 2.00 bits per heavy atom.